The Morgan fingerprint density at radius 2 is 2.16 bits per heavy atom. The van der Waals surface area contributed by atoms with Gasteiger partial charge in [0.25, 0.3) is 0 Å². The number of piperidine rings is 1. The largest absolute Gasteiger partial charge is 0.394 e. The molecule has 6 heteroatoms. The van der Waals surface area contributed by atoms with Crippen molar-refractivity contribution in [3.63, 3.8) is 0 Å². The van der Waals surface area contributed by atoms with Crippen LogP contribution in [0.5, 0.6) is 0 Å². The Kier molecular flexibility index (Phi) is 5.18. The fourth-order valence-corrected chi connectivity index (χ4v) is 3.76. The maximum absolute atomic E-state index is 13.3. The molecule has 1 aliphatic heterocycles. The normalized spacial score (nSPS) is 23.0. The van der Waals surface area contributed by atoms with Crippen LogP contribution in [0, 0.1) is 18.7 Å². The van der Waals surface area contributed by atoms with Crippen LogP contribution in [0.15, 0.2) is 18.2 Å². The van der Waals surface area contributed by atoms with Crippen LogP contribution in [0.4, 0.5) is 14.9 Å². The number of urea groups is 1. The van der Waals surface area contributed by atoms with Crippen molar-refractivity contribution in [1.82, 2.24) is 10.6 Å². The molecule has 1 aromatic carbocycles. The van der Waals surface area contributed by atoms with E-state index in [1.54, 1.807) is 6.07 Å². The number of hydrogen-bond donors (Lipinski definition) is 3. The lowest BCUT2D eigenvalue weighted by Crippen LogP contribution is -2.57. The van der Waals surface area contributed by atoms with Crippen LogP contribution in [0.1, 0.15) is 38.2 Å². The number of aliphatic hydroxyl groups is 1. The van der Waals surface area contributed by atoms with E-state index in [0.717, 1.165) is 43.5 Å². The summed E-state index contributed by atoms with van der Waals surface area (Å²) in [5, 5.41) is 15.6. The molecule has 25 heavy (non-hydrogen) atoms. The van der Waals surface area contributed by atoms with E-state index in [1.807, 2.05) is 19.9 Å². The minimum Gasteiger partial charge on any atom is -0.394 e. The first-order valence-corrected chi connectivity index (χ1v) is 9.12. The van der Waals surface area contributed by atoms with Gasteiger partial charge in [-0.25, -0.2) is 9.18 Å². The highest BCUT2D eigenvalue weighted by atomic mass is 19.1. The number of nitrogens with one attached hydrogen (secondary N) is 2. The van der Waals surface area contributed by atoms with Gasteiger partial charge in [0.05, 0.1) is 12.1 Å². The molecule has 2 aliphatic rings. The number of nitrogens with zero attached hydrogens (tertiary/aromatic N) is 1. The molecule has 1 aliphatic carbocycles. The zero-order valence-electron chi connectivity index (χ0n) is 15.0. The Bertz CT molecular complexity index is 635. The molecule has 2 unspecified atom stereocenters. The van der Waals surface area contributed by atoms with Crippen LogP contribution in [0.2, 0.25) is 0 Å². The molecule has 2 fully saturated rings. The molecule has 1 saturated heterocycles. The highest BCUT2D eigenvalue weighted by molar-refractivity contribution is 5.75. The quantitative estimate of drug-likeness (QED) is 0.765. The smallest absolute Gasteiger partial charge is 0.315 e. The number of rotatable bonds is 5. The third-order valence-corrected chi connectivity index (χ3v) is 5.46. The molecule has 1 heterocycles. The van der Waals surface area contributed by atoms with Crippen molar-refractivity contribution in [2.24, 2.45) is 5.92 Å². The van der Waals surface area contributed by atoms with Gasteiger partial charge in [-0.3, -0.25) is 0 Å². The minimum absolute atomic E-state index is 0.0420. The third kappa shape index (κ3) is 4.24. The summed E-state index contributed by atoms with van der Waals surface area (Å²) in [6.45, 7) is 5.38. The van der Waals surface area contributed by atoms with E-state index >= 15 is 0 Å². The second kappa shape index (κ2) is 7.20. The number of anilines is 1. The summed E-state index contributed by atoms with van der Waals surface area (Å²) in [6.07, 6.45) is 4.00. The summed E-state index contributed by atoms with van der Waals surface area (Å²) in [7, 11) is 0. The van der Waals surface area contributed by atoms with Crippen molar-refractivity contribution in [3.05, 3.63) is 29.6 Å². The van der Waals surface area contributed by atoms with Gasteiger partial charge in [0.2, 0.25) is 0 Å². The molecular formula is C19H28FN3O2. The van der Waals surface area contributed by atoms with Gasteiger partial charge >= 0.3 is 6.03 Å². The van der Waals surface area contributed by atoms with E-state index in [4.69, 9.17) is 0 Å². The van der Waals surface area contributed by atoms with E-state index in [0.29, 0.717) is 12.5 Å². The minimum atomic E-state index is -0.536. The van der Waals surface area contributed by atoms with E-state index in [1.165, 1.54) is 6.07 Å². The van der Waals surface area contributed by atoms with Gasteiger partial charge in [0.1, 0.15) is 5.82 Å². The summed E-state index contributed by atoms with van der Waals surface area (Å²) in [6, 6.07) is 4.66. The van der Waals surface area contributed by atoms with Gasteiger partial charge in [-0.2, -0.15) is 0 Å². The van der Waals surface area contributed by atoms with Crippen molar-refractivity contribution in [1.29, 1.82) is 0 Å². The summed E-state index contributed by atoms with van der Waals surface area (Å²) in [4.78, 5) is 14.6. The van der Waals surface area contributed by atoms with E-state index in [9.17, 15) is 14.3 Å². The number of hydrogen-bond acceptors (Lipinski definition) is 3. The molecular weight excluding hydrogens is 321 g/mol. The Hall–Kier alpha value is -1.82. The predicted octanol–water partition coefficient (Wildman–Crippen LogP) is 2.56. The molecule has 3 N–H and O–H groups in total. The van der Waals surface area contributed by atoms with Gasteiger partial charge in [-0.05, 0) is 69.2 Å². The first-order chi connectivity index (χ1) is 11.9. The molecule has 3 rings (SSSR count). The standard InChI is InChI=1S/C19H28FN3O2/c1-13-10-15(20)7-8-17(13)23-9-3-4-16(11-23)21-18(25)22-19(2,12-24)14-5-6-14/h7-8,10,14,16,24H,3-6,9,11-12H2,1-2H3,(H2,21,22,25). The summed E-state index contributed by atoms with van der Waals surface area (Å²) < 4.78 is 13.3. The van der Waals surface area contributed by atoms with Crippen molar-refractivity contribution < 1.29 is 14.3 Å². The first-order valence-electron chi connectivity index (χ1n) is 9.12. The number of amides is 2. The van der Waals surface area contributed by atoms with Crippen LogP contribution < -0.4 is 15.5 Å². The fourth-order valence-electron chi connectivity index (χ4n) is 3.76. The number of aryl methyl sites for hydroxylation is 1. The summed E-state index contributed by atoms with van der Waals surface area (Å²) >= 11 is 0. The van der Waals surface area contributed by atoms with E-state index < -0.39 is 5.54 Å². The number of benzene rings is 1. The van der Waals surface area contributed by atoms with Crippen LogP contribution in [0.3, 0.4) is 0 Å². The lowest BCUT2D eigenvalue weighted by molar-refractivity contribution is 0.153. The maximum atomic E-state index is 13.3. The molecule has 0 spiro atoms. The molecule has 5 nitrogen and oxygen atoms in total. The van der Waals surface area contributed by atoms with Gasteiger partial charge in [-0.1, -0.05) is 0 Å². The average Bonchev–Trinajstić information content (AvgIpc) is 3.40. The molecule has 1 aromatic rings. The molecule has 2 atom stereocenters. The number of carbonyl (C=O) groups is 1. The van der Waals surface area contributed by atoms with Crippen molar-refractivity contribution >= 4 is 11.7 Å². The topological polar surface area (TPSA) is 64.6 Å². The van der Waals surface area contributed by atoms with Crippen molar-refractivity contribution in [2.45, 2.75) is 51.1 Å². The van der Waals surface area contributed by atoms with Crippen molar-refractivity contribution in [2.75, 3.05) is 24.6 Å². The number of carbonyl (C=O) groups excluding carboxylic acids is 1. The Balaban J connectivity index is 1.58. The Morgan fingerprint density at radius 3 is 2.80 bits per heavy atom. The monoisotopic (exact) mass is 349 g/mol. The fraction of sp³-hybridized carbons (Fsp3) is 0.632. The van der Waals surface area contributed by atoms with Crippen molar-refractivity contribution in [3.8, 4) is 0 Å². The third-order valence-electron chi connectivity index (χ3n) is 5.46. The predicted molar refractivity (Wildman–Crippen MR) is 96.3 cm³/mol. The molecule has 138 valence electrons. The SMILES string of the molecule is Cc1cc(F)ccc1N1CCCC(NC(=O)NC(C)(CO)C2CC2)C1. The molecule has 0 bridgehead atoms. The highest BCUT2D eigenvalue weighted by Crippen LogP contribution is 2.39. The van der Waals surface area contributed by atoms with Crippen LogP contribution in [-0.2, 0) is 0 Å². The van der Waals surface area contributed by atoms with Gasteiger partial charge in [-0.15, -0.1) is 0 Å². The van der Waals surface area contributed by atoms with Crippen LogP contribution in [0.25, 0.3) is 0 Å². The molecule has 0 aromatic heterocycles. The van der Waals surface area contributed by atoms with Gasteiger partial charge in [0.15, 0.2) is 0 Å². The average molecular weight is 349 g/mol. The molecule has 1 saturated carbocycles. The second-order valence-corrected chi connectivity index (χ2v) is 7.66. The number of aliphatic hydroxyl groups excluding tert-OH is 1. The van der Waals surface area contributed by atoms with Crippen LogP contribution >= 0.6 is 0 Å². The molecule has 2 amide bonds. The summed E-state index contributed by atoms with van der Waals surface area (Å²) in [5.41, 5.74) is 1.39. The second-order valence-electron chi connectivity index (χ2n) is 7.66. The van der Waals surface area contributed by atoms with Crippen LogP contribution in [-0.4, -0.2) is 42.4 Å². The molecule has 0 radical (unpaired) electrons. The summed E-state index contributed by atoms with van der Waals surface area (Å²) in [5.74, 6) is 0.142. The lowest BCUT2D eigenvalue weighted by atomic mass is 9.97. The van der Waals surface area contributed by atoms with E-state index in [2.05, 4.69) is 15.5 Å². The zero-order valence-corrected chi connectivity index (χ0v) is 15.0. The number of halogens is 1. The Morgan fingerprint density at radius 1 is 1.40 bits per heavy atom. The van der Waals surface area contributed by atoms with E-state index in [-0.39, 0.29) is 24.5 Å². The first kappa shape index (κ1) is 18.0. The van der Waals surface area contributed by atoms with Gasteiger partial charge in [0, 0.05) is 24.8 Å². The zero-order chi connectivity index (χ0) is 18.0. The van der Waals surface area contributed by atoms with Gasteiger partial charge < -0.3 is 20.6 Å². The Labute approximate surface area is 148 Å². The highest BCUT2D eigenvalue weighted by Gasteiger charge is 2.42. The maximum Gasteiger partial charge on any atom is 0.315 e. The lowest BCUT2D eigenvalue weighted by Gasteiger charge is -2.36.